The Morgan fingerprint density at radius 1 is 1.40 bits per heavy atom. The largest absolute Gasteiger partial charge is 0.478 e. The summed E-state index contributed by atoms with van der Waals surface area (Å²) in [6.07, 6.45) is 2.26. The van der Waals surface area contributed by atoms with E-state index in [1.54, 1.807) is 7.11 Å². The quantitative estimate of drug-likeness (QED) is 0.820. The van der Waals surface area contributed by atoms with E-state index in [0.29, 0.717) is 12.3 Å². The van der Waals surface area contributed by atoms with E-state index in [9.17, 15) is 9.90 Å². The first-order chi connectivity index (χ1) is 9.65. The van der Waals surface area contributed by atoms with Crippen LogP contribution in [-0.2, 0) is 4.74 Å². The first-order valence-corrected chi connectivity index (χ1v) is 6.46. The predicted molar refractivity (Wildman–Crippen MR) is 78.5 cm³/mol. The number of ether oxygens (including phenoxy) is 1. The van der Waals surface area contributed by atoms with Crippen LogP contribution in [0, 0.1) is 0 Å². The summed E-state index contributed by atoms with van der Waals surface area (Å²) >= 11 is 0. The summed E-state index contributed by atoms with van der Waals surface area (Å²) in [4.78, 5) is 17.6. The number of carbonyl (C=O) groups is 1. The Kier molecular flexibility index (Phi) is 4.53. The molecule has 0 aliphatic heterocycles. The third-order valence-corrected chi connectivity index (χ3v) is 3.20. The Hall–Kier alpha value is -2.14. The van der Waals surface area contributed by atoms with Gasteiger partial charge in [-0.3, -0.25) is 4.98 Å². The predicted octanol–water partition coefficient (Wildman–Crippen LogP) is 2.41. The van der Waals surface area contributed by atoms with E-state index in [1.165, 1.54) is 6.20 Å². The van der Waals surface area contributed by atoms with Crippen molar-refractivity contribution in [2.75, 3.05) is 32.2 Å². The first-order valence-electron chi connectivity index (χ1n) is 6.46. The molecule has 0 atom stereocenters. The van der Waals surface area contributed by atoms with E-state index in [-0.39, 0.29) is 5.56 Å². The number of anilines is 1. The molecular formula is C15H18N2O3. The highest BCUT2D eigenvalue weighted by Crippen LogP contribution is 2.28. The van der Waals surface area contributed by atoms with Gasteiger partial charge < -0.3 is 14.7 Å². The fourth-order valence-electron chi connectivity index (χ4n) is 2.25. The number of pyridine rings is 1. The van der Waals surface area contributed by atoms with Gasteiger partial charge in [0.25, 0.3) is 0 Å². The number of para-hydroxylation sites is 1. The number of aromatic nitrogens is 1. The standard InChI is InChI=1S/C15H18N2O3/c1-17(8-5-9-20-2)14-11-6-3-4-7-13(11)16-10-12(14)15(18)19/h3-4,6-7,10H,5,8-9H2,1-2H3,(H,18,19). The minimum absolute atomic E-state index is 0.226. The van der Waals surface area contributed by atoms with Crippen LogP contribution in [0.15, 0.2) is 30.5 Å². The zero-order valence-corrected chi connectivity index (χ0v) is 11.7. The van der Waals surface area contributed by atoms with E-state index >= 15 is 0 Å². The molecule has 0 spiro atoms. The van der Waals surface area contributed by atoms with Gasteiger partial charge in [-0.2, -0.15) is 0 Å². The highest BCUT2D eigenvalue weighted by Gasteiger charge is 2.17. The lowest BCUT2D eigenvalue weighted by Crippen LogP contribution is -2.22. The third kappa shape index (κ3) is 2.88. The number of methoxy groups -OCH3 is 1. The Morgan fingerprint density at radius 2 is 2.15 bits per heavy atom. The van der Waals surface area contributed by atoms with Gasteiger partial charge in [0.05, 0.1) is 11.2 Å². The molecule has 0 radical (unpaired) electrons. The van der Waals surface area contributed by atoms with Crippen molar-refractivity contribution in [2.24, 2.45) is 0 Å². The molecule has 1 aromatic heterocycles. The lowest BCUT2D eigenvalue weighted by atomic mass is 10.1. The molecule has 0 aliphatic rings. The molecule has 0 amide bonds. The SMILES string of the molecule is COCCCN(C)c1c(C(=O)O)cnc2ccccc12. The lowest BCUT2D eigenvalue weighted by Gasteiger charge is -2.22. The van der Waals surface area contributed by atoms with Crippen molar-refractivity contribution < 1.29 is 14.6 Å². The number of hydrogen-bond donors (Lipinski definition) is 1. The Morgan fingerprint density at radius 3 is 2.85 bits per heavy atom. The average molecular weight is 274 g/mol. The fraction of sp³-hybridized carbons (Fsp3) is 0.333. The van der Waals surface area contributed by atoms with Crippen molar-refractivity contribution >= 4 is 22.6 Å². The molecule has 0 unspecified atom stereocenters. The van der Waals surface area contributed by atoms with Crippen molar-refractivity contribution in [3.63, 3.8) is 0 Å². The van der Waals surface area contributed by atoms with Gasteiger partial charge in [-0.15, -0.1) is 0 Å². The molecule has 0 saturated carbocycles. The highest BCUT2D eigenvalue weighted by atomic mass is 16.5. The number of hydrogen-bond acceptors (Lipinski definition) is 4. The van der Waals surface area contributed by atoms with Gasteiger partial charge in [0.2, 0.25) is 0 Å². The van der Waals surface area contributed by atoms with E-state index in [4.69, 9.17) is 4.74 Å². The minimum Gasteiger partial charge on any atom is -0.478 e. The number of carboxylic acid groups (broad SMARTS) is 1. The molecule has 0 aliphatic carbocycles. The maximum atomic E-state index is 11.4. The second kappa shape index (κ2) is 6.34. The van der Waals surface area contributed by atoms with E-state index < -0.39 is 5.97 Å². The Labute approximate surface area is 117 Å². The lowest BCUT2D eigenvalue weighted by molar-refractivity contribution is 0.0697. The van der Waals surface area contributed by atoms with Crippen LogP contribution in [0.3, 0.4) is 0 Å². The van der Waals surface area contributed by atoms with Gasteiger partial charge in [-0.1, -0.05) is 18.2 Å². The Balaban J connectivity index is 2.46. The molecule has 5 heteroatoms. The van der Waals surface area contributed by atoms with Crippen LogP contribution in [0.5, 0.6) is 0 Å². The number of benzene rings is 1. The zero-order valence-electron chi connectivity index (χ0n) is 11.7. The molecular weight excluding hydrogens is 256 g/mol. The van der Waals surface area contributed by atoms with Gasteiger partial charge in [0.15, 0.2) is 0 Å². The molecule has 20 heavy (non-hydrogen) atoms. The highest BCUT2D eigenvalue weighted by molar-refractivity contribution is 6.04. The van der Waals surface area contributed by atoms with Gasteiger partial charge in [0.1, 0.15) is 5.56 Å². The summed E-state index contributed by atoms with van der Waals surface area (Å²) in [5.74, 6) is -0.961. The summed E-state index contributed by atoms with van der Waals surface area (Å²) < 4.78 is 5.04. The number of nitrogens with zero attached hydrogens (tertiary/aromatic N) is 2. The third-order valence-electron chi connectivity index (χ3n) is 3.20. The van der Waals surface area contributed by atoms with Crippen LogP contribution < -0.4 is 4.90 Å². The summed E-state index contributed by atoms with van der Waals surface area (Å²) in [5, 5.41) is 10.2. The number of carboxylic acids is 1. The minimum atomic E-state index is -0.961. The van der Waals surface area contributed by atoms with Crippen LogP contribution in [0.1, 0.15) is 16.8 Å². The topological polar surface area (TPSA) is 62.7 Å². The van der Waals surface area contributed by atoms with Crippen molar-refractivity contribution in [2.45, 2.75) is 6.42 Å². The average Bonchev–Trinajstić information content (AvgIpc) is 2.46. The number of fused-ring (bicyclic) bond motifs is 1. The molecule has 2 rings (SSSR count). The van der Waals surface area contributed by atoms with Crippen LogP contribution in [0.25, 0.3) is 10.9 Å². The van der Waals surface area contributed by atoms with E-state index in [0.717, 1.165) is 23.9 Å². The summed E-state index contributed by atoms with van der Waals surface area (Å²) in [7, 11) is 3.55. The van der Waals surface area contributed by atoms with Crippen molar-refractivity contribution in [3.8, 4) is 0 Å². The zero-order chi connectivity index (χ0) is 14.5. The summed E-state index contributed by atoms with van der Waals surface area (Å²) in [5.41, 5.74) is 1.73. The maximum absolute atomic E-state index is 11.4. The van der Waals surface area contributed by atoms with Gasteiger partial charge >= 0.3 is 5.97 Å². The molecule has 1 N–H and O–H groups in total. The van der Waals surface area contributed by atoms with Gasteiger partial charge in [-0.05, 0) is 12.5 Å². The molecule has 2 aromatic rings. The molecule has 5 nitrogen and oxygen atoms in total. The fourth-order valence-corrected chi connectivity index (χ4v) is 2.25. The molecule has 1 heterocycles. The molecule has 1 aromatic carbocycles. The van der Waals surface area contributed by atoms with Crippen LogP contribution >= 0.6 is 0 Å². The van der Waals surface area contributed by atoms with Crippen LogP contribution in [0.4, 0.5) is 5.69 Å². The van der Waals surface area contributed by atoms with E-state index in [1.807, 2.05) is 36.2 Å². The number of aromatic carboxylic acids is 1. The Bertz CT molecular complexity index is 613. The second-order valence-electron chi connectivity index (χ2n) is 4.61. The monoisotopic (exact) mass is 274 g/mol. The van der Waals surface area contributed by atoms with Gasteiger partial charge in [0, 0.05) is 38.9 Å². The smallest absolute Gasteiger partial charge is 0.339 e. The molecule has 0 fully saturated rings. The summed E-state index contributed by atoms with van der Waals surface area (Å²) in [6, 6.07) is 7.57. The normalized spacial score (nSPS) is 10.7. The number of rotatable bonds is 6. The van der Waals surface area contributed by atoms with Crippen molar-refractivity contribution in [3.05, 3.63) is 36.0 Å². The second-order valence-corrected chi connectivity index (χ2v) is 4.61. The van der Waals surface area contributed by atoms with Crippen LogP contribution in [0.2, 0.25) is 0 Å². The molecule has 106 valence electrons. The molecule has 0 bridgehead atoms. The summed E-state index contributed by atoms with van der Waals surface area (Å²) in [6.45, 7) is 1.37. The molecule has 0 saturated heterocycles. The van der Waals surface area contributed by atoms with Crippen molar-refractivity contribution in [1.29, 1.82) is 0 Å². The first kappa shape index (κ1) is 14.3. The van der Waals surface area contributed by atoms with Crippen LogP contribution in [-0.4, -0.2) is 43.4 Å². The van der Waals surface area contributed by atoms with Gasteiger partial charge in [-0.25, -0.2) is 4.79 Å². The van der Waals surface area contributed by atoms with Crippen molar-refractivity contribution in [1.82, 2.24) is 4.98 Å². The van der Waals surface area contributed by atoms with E-state index in [2.05, 4.69) is 4.98 Å². The maximum Gasteiger partial charge on any atom is 0.339 e.